The van der Waals surface area contributed by atoms with Crippen molar-refractivity contribution in [1.82, 2.24) is 14.8 Å². The Morgan fingerprint density at radius 2 is 1.17 bits per heavy atom. The molecule has 2 heterocycles. The van der Waals surface area contributed by atoms with Crippen LogP contribution in [0.5, 0.6) is 0 Å². The van der Waals surface area contributed by atoms with Crippen LogP contribution >= 0.6 is 11.6 Å². The normalized spacial score (nSPS) is 11.6. The molecule has 3 nitrogen and oxygen atoms in total. The molecular formula is C31H21ClFN3. The van der Waals surface area contributed by atoms with Gasteiger partial charge in [-0.1, -0.05) is 103 Å². The van der Waals surface area contributed by atoms with Crippen LogP contribution in [0, 0.1) is 5.82 Å². The van der Waals surface area contributed by atoms with E-state index >= 15 is 0 Å². The SMILES string of the molecule is Fc1ccc(-c2nn(C(c3ccccc3)(c3ccccc3)c3ccccc3)c3cc(Cl)ncc23)cc1. The summed E-state index contributed by atoms with van der Waals surface area (Å²) in [7, 11) is 0. The van der Waals surface area contributed by atoms with Gasteiger partial charge in [0, 0.05) is 23.2 Å². The van der Waals surface area contributed by atoms with Crippen LogP contribution < -0.4 is 0 Å². The molecule has 0 spiro atoms. The second-order valence-electron chi connectivity index (χ2n) is 8.60. The summed E-state index contributed by atoms with van der Waals surface area (Å²) in [6.07, 6.45) is 1.74. The minimum atomic E-state index is -0.814. The predicted octanol–water partition coefficient (Wildman–Crippen LogP) is 7.73. The first-order valence-corrected chi connectivity index (χ1v) is 12.0. The first kappa shape index (κ1) is 22.2. The molecule has 0 aliphatic carbocycles. The highest BCUT2D eigenvalue weighted by Crippen LogP contribution is 2.44. The van der Waals surface area contributed by atoms with E-state index in [0.29, 0.717) is 10.8 Å². The highest BCUT2D eigenvalue weighted by molar-refractivity contribution is 6.30. The summed E-state index contributed by atoms with van der Waals surface area (Å²) in [5.41, 5.74) is 4.66. The van der Waals surface area contributed by atoms with E-state index in [9.17, 15) is 4.39 Å². The van der Waals surface area contributed by atoms with E-state index in [0.717, 1.165) is 33.2 Å². The number of rotatable bonds is 5. The average Bonchev–Trinajstić information content (AvgIpc) is 3.30. The lowest BCUT2D eigenvalue weighted by Crippen LogP contribution is -2.38. The summed E-state index contributed by atoms with van der Waals surface area (Å²) in [5.74, 6) is -0.295. The zero-order valence-corrected chi connectivity index (χ0v) is 20.0. The molecule has 0 fully saturated rings. The summed E-state index contributed by atoms with van der Waals surface area (Å²) in [6.45, 7) is 0. The van der Waals surface area contributed by atoms with E-state index in [1.807, 2.05) is 65.3 Å². The topological polar surface area (TPSA) is 30.7 Å². The molecule has 6 rings (SSSR count). The highest BCUT2D eigenvalue weighted by Gasteiger charge is 2.41. The second kappa shape index (κ2) is 9.06. The van der Waals surface area contributed by atoms with Crippen molar-refractivity contribution in [3.05, 3.63) is 155 Å². The third-order valence-electron chi connectivity index (χ3n) is 6.54. The molecule has 174 valence electrons. The Kier molecular flexibility index (Phi) is 5.59. The van der Waals surface area contributed by atoms with Gasteiger partial charge in [-0.2, -0.15) is 5.10 Å². The summed E-state index contributed by atoms with van der Waals surface area (Å²) in [6, 6.07) is 39.2. The fourth-order valence-electron chi connectivity index (χ4n) is 4.97. The van der Waals surface area contributed by atoms with Crippen LogP contribution in [0.4, 0.5) is 4.39 Å². The molecule has 0 unspecified atom stereocenters. The number of benzene rings is 4. The maximum atomic E-state index is 13.8. The van der Waals surface area contributed by atoms with E-state index in [-0.39, 0.29) is 5.82 Å². The van der Waals surface area contributed by atoms with Crippen molar-refractivity contribution in [1.29, 1.82) is 0 Å². The molecule has 0 aliphatic rings. The fraction of sp³-hybridized carbons (Fsp3) is 0.0323. The molecule has 2 aromatic heterocycles. The molecule has 4 aromatic carbocycles. The van der Waals surface area contributed by atoms with Crippen LogP contribution in [0.3, 0.4) is 0 Å². The van der Waals surface area contributed by atoms with Gasteiger partial charge in [0.05, 0.1) is 5.52 Å². The molecule has 0 amide bonds. The fourth-order valence-corrected chi connectivity index (χ4v) is 5.12. The number of nitrogens with zero attached hydrogens (tertiary/aromatic N) is 3. The molecule has 6 aromatic rings. The summed E-state index contributed by atoms with van der Waals surface area (Å²) in [4.78, 5) is 4.36. The number of halogens is 2. The van der Waals surface area contributed by atoms with Gasteiger partial charge in [-0.05, 0) is 41.0 Å². The Bertz CT molecular complexity index is 1530. The lowest BCUT2D eigenvalue weighted by Gasteiger charge is -2.37. The van der Waals surface area contributed by atoms with Crippen molar-refractivity contribution in [3.8, 4) is 11.3 Å². The molecule has 0 atom stereocenters. The number of hydrogen-bond acceptors (Lipinski definition) is 2. The van der Waals surface area contributed by atoms with E-state index in [1.54, 1.807) is 18.3 Å². The Morgan fingerprint density at radius 3 is 1.67 bits per heavy atom. The van der Waals surface area contributed by atoms with Crippen LogP contribution in [0.15, 0.2) is 128 Å². The van der Waals surface area contributed by atoms with Gasteiger partial charge in [-0.25, -0.2) is 14.1 Å². The number of pyridine rings is 1. The zero-order chi connectivity index (χ0) is 24.5. The Hall–Kier alpha value is -4.28. The van der Waals surface area contributed by atoms with Gasteiger partial charge < -0.3 is 0 Å². The number of fused-ring (bicyclic) bond motifs is 1. The maximum Gasteiger partial charge on any atom is 0.138 e. The highest BCUT2D eigenvalue weighted by atomic mass is 35.5. The van der Waals surface area contributed by atoms with Gasteiger partial charge in [-0.15, -0.1) is 0 Å². The summed E-state index contributed by atoms with van der Waals surface area (Å²) in [5, 5.41) is 6.43. The van der Waals surface area contributed by atoms with Crippen LogP contribution in [0.25, 0.3) is 22.2 Å². The van der Waals surface area contributed by atoms with Gasteiger partial charge in [0.15, 0.2) is 0 Å². The van der Waals surface area contributed by atoms with Gasteiger partial charge in [-0.3, -0.25) is 0 Å². The maximum absolute atomic E-state index is 13.8. The lowest BCUT2D eigenvalue weighted by atomic mass is 9.77. The van der Waals surface area contributed by atoms with Gasteiger partial charge in [0.1, 0.15) is 22.2 Å². The minimum Gasteiger partial charge on any atom is -0.244 e. The monoisotopic (exact) mass is 489 g/mol. The van der Waals surface area contributed by atoms with Crippen molar-refractivity contribution >= 4 is 22.5 Å². The molecule has 0 saturated carbocycles. The Labute approximate surface area is 213 Å². The molecule has 5 heteroatoms. The van der Waals surface area contributed by atoms with E-state index < -0.39 is 5.54 Å². The largest absolute Gasteiger partial charge is 0.244 e. The van der Waals surface area contributed by atoms with E-state index in [1.165, 1.54) is 12.1 Å². The molecule has 0 N–H and O–H groups in total. The molecule has 0 aliphatic heterocycles. The summed E-state index contributed by atoms with van der Waals surface area (Å²) >= 11 is 6.45. The Morgan fingerprint density at radius 1 is 0.667 bits per heavy atom. The van der Waals surface area contributed by atoms with Crippen molar-refractivity contribution in [2.45, 2.75) is 5.54 Å². The third-order valence-corrected chi connectivity index (χ3v) is 6.75. The van der Waals surface area contributed by atoms with Crippen molar-refractivity contribution in [2.24, 2.45) is 0 Å². The standard InChI is InChI=1S/C31H21ClFN3/c32-29-20-28-27(21-34-29)30(22-16-18-26(33)19-17-22)35-36(28)31(23-10-4-1-5-11-23,24-12-6-2-7-13-24)25-14-8-3-9-15-25/h1-21H. The predicted molar refractivity (Wildman–Crippen MR) is 143 cm³/mol. The zero-order valence-electron chi connectivity index (χ0n) is 19.2. The van der Waals surface area contributed by atoms with Crippen molar-refractivity contribution in [2.75, 3.05) is 0 Å². The van der Waals surface area contributed by atoms with Gasteiger partial charge in [0.2, 0.25) is 0 Å². The van der Waals surface area contributed by atoms with E-state index in [2.05, 4.69) is 41.4 Å². The summed E-state index contributed by atoms with van der Waals surface area (Å²) < 4.78 is 15.8. The second-order valence-corrected chi connectivity index (χ2v) is 8.99. The van der Waals surface area contributed by atoms with Crippen LogP contribution in [0.1, 0.15) is 16.7 Å². The lowest BCUT2D eigenvalue weighted by molar-refractivity contribution is 0.477. The third kappa shape index (κ3) is 3.58. The first-order valence-electron chi connectivity index (χ1n) is 11.7. The van der Waals surface area contributed by atoms with Gasteiger partial charge >= 0.3 is 0 Å². The molecule has 0 radical (unpaired) electrons. The average molecular weight is 490 g/mol. The van der Waals surface area contributed by atoms with Crippen LogP contribution in [-0.2, 0) is 5.54 Å². The van der Waals surface area contributed by atoms with Crippen molar-refractivity contribution in [3.63, 3.8) is 0 Å². The van der Waals surface area contributed by atoms with Crippen molar-refractivity contribution < 1.29 is 4.39 Å². The molecule has 0 bridgehead atoms. The molecule has 36 heavy (non-hydrogen) atoms. The molecule has 0 saturated heterocycles. The first-order chi connectivity index (χ1) is 17.7. The minimum absolute atomic E-state index is 0.295. The molecular weight excluding hydrogens is 469 g/mol. The van der Waals surface area contributed by atoms with Gasteiger partial charge in [0.25, 0.3) is 0 Å². The number of aromatic nitrogens is 3. The number of hydrogen-bond donors (Lipinski definition) is 0. The Balaban J connectivity index is 1.79. The van der Waals surface area contributed by atoms with Crippen LogP contribution in [-0.4, -0.2) is 14.8 Å². The van der Waals surface area contributed by atoms with Crippen LogP contribution in [0.2, 0.25) is 5.15 Å². The van der Waals surface area contributed by atoms with E-state index in [4.69, 9.17) is 16.7 Å². The smallest absolute Gasteiger partial charge is 0.138 e. The quantitative estimate of drug-likeness (QED) is 0.183.